The number of nitrogens with zero attached hydrogens (tertiary/aromatic N) is 2. The molecule has 0 aliphatic rings. The maximum Gasteiger partial charge on any atom is 0.141 e. The van der Waals surface area contributed by atoms with E-state index in [1.54, 1.807) is 17.0 Å². The van der Waals surface area contributed by atoms with Crippen molar-refractivity contribution in [2.75, 3.05) is 6.61 Å². The van der Waals surface area contributed by atoms with Gasteiger partial charge in [0.15, 0.2) is 0 Å². The van der Waals surface area contributed by atoms with E-state index in [4.69, 9.17) is 16.7 Å². The second-order valence-corrected chi connectivity index (χ2v) is 3.70. The Morgan fingerprint density at radius 1 is 1.44 bits per heavy atom. The van der Waals surface area contributed by atoms with Crippen LogP contribution >= 0.6 is 11.6 Å². The van der Waals surface area contributed by atoms with Gasteiger partial charge >= 0.3 is 0 Å². The van der Waals surface area contributed by atoms with Crippen LogP contribution in [-0.2, 0) is 6.54 Å². The van der Waals surface area contributed by atoms with E-state index in [0.29, 0.717) is 23.0 Å². The molecule has 1 heterocycles. The van der Waals surface area contributed by atoms with Gasteiger partial charge in [0, 0.05) is 24.5 Å². The monoisotopic (exact) mass is 240 g/mol. The summed E-state index contributed by atoms with van der Waals surface area (Å²) in [4.78, 5) is 4.11. The lowest BCUT2D eigenvalue weighted by molar-refractivity contribution is 0.276. The largest absolute Gasteiger partial charge is 0.395 e. The van der Waals surface area contributed by atoms with Crippen molar-refractivity contribution in [2.45, 2.75) is 6.54 Å². The highest BCUT2D eigenvalue weighted by Crippen LogP contribution is 2.27. The van der Waals surface area contributed by atoms with Gasteiger partial charge in [0.2, 0.25) is 0 Å². The molecule has 84 valence electrons. The van der Waals surface area contributed by atoms with Crippen molar-refractivity contribution < 1.29 is 9.50 Å². The van der Waals surface area contributed by atoms with E-state index in [2.05, 4.69) is 4.98 Å². The van der Waals surface area contributed by atoms with Crippen LogP contribution in [0.15, 0.2) is 30.6 Å². The molecule has 0 atom stereocenters. The van der Waals surface area contributed by atoms with Gasteiger partial charge in [-0.05, 0) is 18.2 Å². The molecule has 0 radical (unpaired) electrons. The highest BCUT2D eigenvalue weighted by atomic mass is 35.5. The molecule has 0 fully saturated rings. The summed E-state index contributed by atoms with van der Waals surface area (Å²) in [6.45, 7) is 0.401. The Morgan fingerprint density at radius 3 is 3.00 bits per heavy atom. The minimum Gasteiger partial charge on any atom is -0.395 e. The molecular formula is C11H10ClFN2O. The molecule has 0 bridgehead atoms. The second kappa shape index (κ2) is 4.63. The third-order valence-electron chi connectivity index (χ3n) is 2.23. The van der Waals surface area contributed by atoms with E-state index >= 15 is 0 Å². The number of aliphatic hydroxyl groups excluding tert-OH is 1. The van der Waals surface area contributed by atoms with Crippen molar-refractivity contribution in [3.8, 4) is 11.4 Å². The topological polar surface area (TPSA) is 38.0 Å². The molecule has 0 aliphatic carbocycles. The number of imidazole rings is 1. The summed E-state index contributed by atoms with van der Waals surface area (Å²) >= 11 is 5.98. The summed E-state index contributed by atoms with van der Waals surface area (Å²) in [5.41, 5.74) is 0.528. The van der Waals surface area contributed by atoms with Crippen molar-refractivity contribution in [1.29, 1.82) is 0 Å². The van der Waals surface area contributed by atoms with Crippen LogP contribution in [0.2, 0.25) is 5.02 Å². The number of hydrogen-bond acceptors (Lipinski definition) is 2. The molecule has 2 aromatic rings. The second-order valence-electron chi connectivity index (χ2n) is 3.29. The van der Waals surface area contributed by atoms with Gasteiger partial charge in [-0.15, -0.1) is 0 Å². The van der Waals surface area contributed by atoms with E-state index in [-0.39, 0.29) is 12.4 Å². The molecular weight excluding hydrogens is 231 g/mol. The average molecular weight is 241 g/mol. The van der Waals surface area contributed by atoms with Gasteiger partial charge in [-0.2, -0.15) is 0 Å². The van der Waals surface area contributed by atoms with E-state index in [1.807, 2.05) is 0 Å². The number of benzene rings is 1. The van der Waals surface area contributed by atoms with Crippen LogP contribution in [0.1, 0.15) is 0 Å². The molecule has 3 nitrogen and oxygen atoms in total. The number of aromatic nitrogens is 2. The molecule has 0 saturated heterocycles. The molecule has 2 rings (SSSR count). The van der Waals surface area contributed by atoms with Gasteiger partial charge in [-0.25, -0.2) is 9.37 Å². The lowest BCUT2D eigenvalue weighted by atomic mass is 10.2. The minimum absolute atomic E-state index is 0.00368. The summed E-state index contributed by atoms with van der Waals surface area (Å²) in [7, 11) is 0. The Labute approximate surface area is 97.1 Å². The summed E-state index contributed by atoms with van der Waals surface area (Å²) in [6.07, 6.45) is 3.30. The number of rotatable bonds is 3. The minimum atomic E-state index is -0.363. The van der Waals surface area contributed by atoms with Gasteiger partial charge in [0.05, 0.1) is 11.6 Å². The summed E-state index contributed by atoms with van der Waals surface area (Å²) in [6, 6.07) is 4.12. The molecule has 0 spiro atoms. The zero-order valence-corrected chi connectivity index (χ0v) is 9.15. The molecule has 1 N–H and O–H groups in total. The number of hydrogen-bond donors (Lipinski definition) is 1. The fourth-order valence-corrected chi connectivity index (χ4v) is 1.71. The van der Waals surface area contributed by atoms with Gasteiger partial charge in [-0.3, -0.25) is 0 Å². The molecule has 5 heteroatoms. The van der Waals surface area contributed by atoms with Crippen molar-refractivity contribution >= 4 is 11.6 Å². The van der Waals surface area contributed by atoms with Crippen LogP contribution in [0.3, 0.4) is 0 Å². The summed E-state index contributed by atoms with van der Waals surface area (Å²) < 4.78 is 14.8. The summed E-state index contributed by atoms with van der Waals surface area (Å²) in [5, 5.41) is 9.31. The average Bonchev–Trinajstić information content (AvgIpc) is 2.70. The van der Waals surface area contributed by atoms with Crippen LogP contribution in [0.5, 0.6) is 0 Å². The highest BCUT2D eigenvalue weighted by Gasteiger charge is 2.10. The Bertz CT molecular complexity index is 498. The van der Waals surface area contributed by atoms with Crippen molar-refractivity contribution in [1.82, 2.24) is 9.55 Å². The quantitative estimate of drug-likeness (QED) is 0.894. The van der Waals surface area contributed by atoms with Crippen LogP contribution in [0.25, 0.3) is 11.4 Å². The fourth-order valence-electron chi connectivity index (χ4n) is 1.51. The third-order valence-corrected chi connectivity index (χ3v) is 2.56. The molecule has 0 saturated carbocycles. The Morgan fingerprint density at radius 2 is 2.25 bits per heavy atom. The SMILES string of the molecule is OCCn1ccnc1-c1cc(F)ccc1Cl. The zero-order chi connectivity index (χ0) is 11.5. The first-order chi connectivity index (χ1) is 7.72. The molecule has 1 aromatic carbocycles. The first kappa shape index (κ1) is 11.1. The van der Waals surface area contributed by atoms with Crippen LogP contribution in [0.4, 0.5) is 4.39 Å². The predicted octanol–water partition coefficient (Wildman–Crippen LogP) is 2.33. The fraction of sp³-hybridized carbons (Fsp3) is 0.182. The Hall–Kier alpha value is -1.39. The summed E-state index contributed by atoms with van der Waals surface area (Å²) in [5.74, 6) is 0.191. The zero-order valence-electron chi connectivity index (χ0n) is 8.40. The molecule has 0 unspecified atom stereocenters. The first-order valence-corrected chi connectivity index (χ1v) is 5.17. The van der Waals surface area contributed by atoms with Gasteiger partial charge in [0.25, 0.3) is 0 Å². The Kier molecular flexibility index (Phi) is 3.22. The van der Waals surface area contributed by atoms with Gasteiger partial charge in [-0.1, -0.05) is 11.6 Å². The lowest BCUT2D eigenvalue weighted by Crippen LogP contribution is -2.03. The maximum absolute atomic E-state index is 13.1. The van der Waals surface area contributed by atoms with Gasteiger partial charge in [0.1, 0.15) is 11.6 Å². The molecule has 0 aliphatic heterocycles. The van der Waals surface area contributed by atoms with Crippen molar-refractivity contribution in [2.24, 2.45) is 0 Å². The van der Waals surface area contributed by atoms with E-state index in [0.717, 1.165) is 0 Å². The van der Waals surface area contributed by atoms with E-state index in [1.165, 1.54) is 18.2 Å². The Balaban J connectivity index is 2.49. The maximum atomic E-state index is 13.1. The predicted molar refractivity (Wildman–Crippen MR) is 59.7 cm³/mol. The van der Waals surface area contributed by atoms with Crippen molar-refractivity contribution in [3.63, 3.8) is 0 Å². The molecule has 16 heavy (non-hydrogen) atoms. The van der Waals surface area contributed by atoms with E-state index < -0.39 is 0 Å². The van der Waals surface area contributed by atoms with Crippen LogP contribution in [0, 0.1) is 5.82 Å². The standard InChI is InChI=1S/C11H10ClFN2O/c12-10-2-1-8(13)7-9(10)11-14-3-4-15(11)5-6-16/h1-4,7,16H,5-6H2. The van der Waals surface area contributed by atoms with Crippen LogP contribution < -0.4 is 0 Å². The lowest BCUT2D eigenvalue weighted by Gasteiger charge is -2.07. The first-order valence-electron chi connectivity index (χ1n) is 4.80. The number of halogens is 2. The van der Waals surface area contributed by atoms with Crippen LogP contribution in [-0.4, -0.2) is 21.3 Å². The van der Waals surface area contributed by atoms with E-state index in [9.17, 15) is 4.39 Å². The third kappa shape index (κ3) is 2.08. The van der Waals surface area contributed by atoms with Crippen molar-refractivity contribution in [3.05, 3.63) is 41.4 Å². The van der Waals surface area contributed by atoms with Gasteiger partial charge < -0.3 is 9.67 Å². The normalized spacial score (nSPS) is 10.7. The number of aliphatic hydroxyl groups is 1. The molecule has 1 aromatic heterocycles. The molecule has 0 amide bonds. The highest BCUT2D eigenvalue weighted by molar-refractivity contribution is 6.33. The smallest absolute Gasteiger partial charge is 0.141 e.